The average Bonchev–Trinajstić information content (AvgIpc) is 3.64. The van der Waals surface area contributed by atoms with Crippen molar-refractivity contribution in [2.24, 2.45) is 29.6 Å². The lowest BCUT2D eigenvalue weighted by Crippen LogP contribution is -2.42. The Hall–Kier alpha value is -3.37. The summed E-state index contributed by atoms with van der Waals surface area (Å²) in [5, 5.41) is 11.7. The lowest BCUT2D eigenvalue weighted by molar-refractivity contribution is -0.123. The number of hydrogen-bond acceptors (Lipinski definition) is 8. The molecular formula is C28H24N2O6S2. The van der Waals surface area contributed by atoms with E-state index in [4.69, 9.17) is 4.74 Å². The first-order valence-corrected chi connectivity index (χ1v) is 14.4. The summed E-state index contributed by atoms with van der Waals surface area (Å²) in [6.45, 7) is 2.00. The number of nitrogens with one attached hydrogen (secondary N) is 1. The van der Waals surface area contributed by atoms with Crippen molar-refractivity contribution in [3.63, 3.8) is 0 Å². The molecule has 4 aliphatic rings. The number of thioether (sulfide) groups is 1. The molecule has 7 atom stereocenters. The van der Waals surface area contributed by atoms with Crippen molar-refractivity contribution < 1.29 is 24.2 Å². The van der Waals surface area contributed by atoms with Crippen LogP contribution in [0.5, 0.6) is 5.75 Å². The van der Waals surface area contributed by atoms with Crippen molar-refractivity contribution in [2.75, 3.05) is 11.5 Å². The molecular weight excluding hydrogens is 524 g/mol. The fourth-order valence-electron chi connectivity index (χ4n) is 7.33. The van der Waals surface area contributed by atoms with Crippen LogP contribution in [0.1, 0.15) is 40.1 Å². The predicted octanol–water partition coefficient (Wildman–Crippen LogP) is 4.00. The molecule has 10 heteroatoms. The summed E-state index contributed by atoms with van der Waals surface area (Å²) in [5.41, 5.74) is 1.58. The van der Waals surface area contributed by atoms with Crippen molar-refractivity contribution in [1.82, 2.24) is 4.98 Å². The van der Waals surface area contributed by atoms with Gasteiger partial charge in [0.1, 0.15) is 5.75 Å². The quantitative estimate of drug-likeness (QED) is 0.374. The number of phenols is 1. The van der Waals surface area contributed by atoms with Gasteiger partial charge in [0.05, 0.1) is 34.7 Å². The van der Waals surface area contributed by atoms with E-state index in [1.807, 2.05) is 12.1 Å². The van der Waals surface area contributed by atoms with Gasteiger partial charge in [0.25, 0.3) is 0 Å². The molecule has 2 N–H and O–H groups in total. The molecule has 2 amide bonds. The molecule has 3 aromatic rings. The average molecular weight is 549 g/mol. The standard InChI is InChI=1S/C28H24N2O6S2/c1-2-36-27(34)12-7-9-13(10-8-12)30-25(32)20-15-11-16(21(20)26(30)33)22-19(15)18(14-5-3-4-6-17(14)31)23-24(37-22)29-28(35)38-23/h3-10,15-16,18-22,31H,2,11H2,1H3,(H,29,35)/t15-,16-,18+,19-,20+,21-,22+/m1/s1. The second-order valence-corrected chi connectivity index (χ2v) is 12.5. The van der Waals surface area contributed by atoms with Crippen molar-refractivity contribution >= 4 is 46.6 Å². The van der Waals surface area contributed by atoms with Gasteiger partial charge in [-0.05, 0) is 61.4 Å². The van der Waals surface area contributed by atoms with Crippen molar-refractivity contribution in [1.29, 1.82) is 0 Å². The van der Waals surface area contributed by atoms with Gasteiger partial charge >= 0.3 is 10.8 Å². The van der Waals surface area contributed by atoms with Gasteiger partial charge in [-0.3, -0.25) is 19.3 Å². The van der Waals surface area contributed by atoms with Gasteiger partial charge in [-0.2, -0.15) is 0 Å². The van der Waals surface area contributed by atoms with Crippen molar-refractivity contribution in [2.45, 2.75) is 29.5 Å². The molecule has 2 aliphatic heterocycles. The summed E-state index contributed by atoms with van der Waals surface area (Å²) in [5.74, 6) is -1.79. The number of carbonyl (C=O) groups is 3. The lowest BCUT2D eigenvalue weighted by atomic mass is 9.68. The number of aromatic hydroxyl groups is 1. The number of benzene rings is 2. The van der Waals surface area contributed by atoms with E-state index in [2.05, 4.69) is 4.98 Å². The molecule has 7 rings (SSSR count). The third-order valence-corrected chi connectivity index (χ3v) is 11.2. The molecule has 2 bridgehead atoms. The van der Waals surface area contributed by atoms with Crippen LogP contribution in [0.4, 0.5) is 5.69 Å². The van der Waals surface area contributed by atoms with Crippen LogP contribution in [0.15, 0.2) is 58.4 Å². The Morgan fingerprint density at radius 3 is 2.47 bits per heavy atom. The highest BCUT2D eigenvalue weighted by atomic mass is 32.2. The van der Waals surface area contributed by atoms with Gasteiger partial charge in [0, 0.05) is 21.6 Å². The summed E-state index contributed by atoms with van der Waals surface area (Å²) in [7, 11) is 0. The van der Waals surface area contributed by atoms with E-state index >= 15 is 0 Å². The van der Waals surface area contributed by atoms with E-state index in [9.17, 15) is 24.3 Å². The summed E-state index contributed by atoms with van der Waals surface area (Å²) in [6.07, 6.45) is 0.772. The van der Waals surface area contributed by atoms with Crippen LogP contribution in [-0.2, 0) is 14.3 Å². The molecule has 3 heterocycles. The Morgan fingerprint density at radius 2 is 1.76 bits per heavy atom. The molecule has 0 unspecified atom stereocenters. The van der Waals surface area contributed by atoms with Gasteiger partial charge in [0.2, 0.25) is 11.8 Å². The normalized spacial score (nSPS) is 30.8. The summed E-state index contributed by atoms with van der Waals surface area (Å²) < 4.78 is 5.04. The first kappa shape index (κ1) is 23.7. The summed E-state index contributed by atoms with van der Waals surface area (Å²) >= 11 is 2.78. The second-order valence-electron chi connectivity index (χ2n) is 10.3. The minimum atomic E-state index is -0.449. The maximum absolute atomic E-state index is 13.8. The van der Waals surface area contributed by atoms with E-state index < -0.39 is 17.8 Å². The molecule has 2 aliphatic carbocycles. The van der Waals surface area contributed by atoms with Crippen LogP contribution in [0.2, 0.25) is 0 Å². The minimum Gasteiger partial charge on any atom is -0.508 e. The Kier molecular flexibility index (Phi) is 5.35. The molecule has 1 saturated heterocycles. The lowest BCUT2D eigenvalue weighted by Gasteiger charge is -2.43. The number of aromatic amines is 1. The van der Waals surface area contributed by atoms with Crippen LogP contribution < -0.4 is 9.77 Å². The summed E-state index contributed by atoms with van der Waals surface area (Å²) in [4.78, 5) is 57.0. The van der Waals surface area contributed by atoms with Gasteiger partial charge < -0.3 is 14.8 Å². The number of thiazole rings is 1. The maximum atomic E-state index is 13.8. The molecule has 0 spiro atoms. The number of H-pyrrole nitrogens is 1. The molecule has 194 valence electrons. The number of rotatable bonds is 4. The number of phenolic OH excluding ortho intramolecular Hbond substituents is 1. The molecule has 0 radical (unpaired) electrons. The van der Waals surface area contributed by atoms with Gasteiger partial charge in [-0.1, -0.05) is 29.5 Å². The van der Waals surface area contributed by atoms with Gasteiger partial charge in [-0.15, -0.1) is 11.8 Å². The van der Waals surface area contributed by atoms with Crippen LogP contribution in [0.3, 0.4) is 0 Å². The Balaban J connectivity index is 1.26. The number of nitrogens with zero attached hydrogens (tertiary/aromatic N) is 1. The monoisotopic (exact) mass is 548 g/mol. The topological polar surface area (TPSA) is 117 Å². The Labute approximate surface area is 226 Å². The highest BCUT2D eigenvalue weighted by molar-refractivity contribution is 8.00. The number of aromatic nitrogens is 1. The fraction of sp³-hybridized carbons (Fsp3) is 0.357. The van der Waals surface area contributed by atoms with E-state index in [1.165, 1.54) is 16.2 Å². The molecule has 38 heavy (non-hydrogen) atoms. The molecule has 8 nitrogen and oxygen atoms in total. The van der Waals surface area contributed by atoms with E-state index in [1.54, 1.807) is 55.1 Å². The maximum Gasteiger partial charge on any atom is 0.338 e. The van der Waals surface area contributed by atoms with Crippen LogP contribution in [0.25, 0.3) is 0 Å². The number of amides is 2. The number of hydrogen-bond donors (Lipinski definition) is 2. The number of carbonyl (C=O) groups excluding carboxylic acids is 3. The smallest absolute Gasteiger partial charge is 0.338 e. The Bertz CT molecular complexity index is 1550. The van der Waals surface area contributed by atoms with Gasteiger partial charge in [0.15, 0.2) is 0 Å². The number of ether oxygens (including phenoxy) is 1. The highest BCUT2D eigenvalue weighted by Crippen LogP contribution is 2.69. The number of esters is 1. The number of imide groups is 1. The van der Waals surface area contributed by atoms with Crippen LogP contribution in [-0.4, -0.2) is 39.7 Å². The van der Waals surface area contributed by atoms with E-state index in [0.29, 0.717) is 11.3 Å². The van der Waals surface area contributed by atoms with Crippen molar-refractivity contribution in [3.8, 4) is 5.75 Å². The van der Waals surface area contributed by atoms with Crippen LogP contribution >= 0.6 is 23.1 Å². The zero-order valence-electron chi connectivity index (χ0n) is 20.3. The zero-order valence-corrected chi connectivity index (χ0v) is 22.0. The summed E-state index contributed by atoms with van der Waals surface area (Å²) in [6, 6.07) is 13.6. The van der Waals surface area contributed by atoms with E-state index in [-0.39, 0.29) is 58.0 Å². The number of fused-ring (bicyclic) bond motifs is 9. The second kappa shape index (κ2) is 8.57. The van der Waals surface area contributed by atoms with Crippen LogP contribution in [0, 0.1) is 29.6 Å². The third-order valence-electron chi connectivity index (χ3n) is 8.63. The molecule has 2 aromatic carbocycles. The van der Waals surface area contributed by atoms with E-state index in [0.717, 1.165) is 21.9 Å². The zero-order chi connectivity index (χ0) is 26.3. The number of anilines is 1. The SMILES string of the molecule is CCOC(=O)c1ccc(N2C(=O)[C@@H]3[C@H]4C[C@@H]([C@@H]3C2=O)[C@@H]2[C@H](c3ccccc3O)c3sc(=O)[nH]c3S[C@@H]42)cc1. The molecule has 3 fully saturated rings. The van der Waals surface area contributed by atoms with Crippen molar-refractivity contribution in [3.05, 3.63) is 74.2 Å². The van der Waals surface area contributed by atoms with Gasteiger partial charge in [-0.25, -0.2) is 4.79 Å². The first-order valence-electron chi connectivity index (χ1n) is 12.7. The largest absolute Gasteiger partial charge is 0.508 e. The first-order chi connectivity index (χ1) is 18.4. The molecule has 1 aromatic heterocycles. The fourth-order valence-corrected chi connectivity index (χ4v) is 10.2. The predicted molar refractivity (Wildman–Crippen MR) is 141 cm³/mol. The Morgan fingerprint density at radius 1 is 1.05 bits per heavy atom. The highest BCUT2D eigenvalue weighted by Gasteiger charge is 2.69. The third kappa shape index (κ3) is 3.22. The molecule has 2 saturated carbocycles. The minimum absolute atomic E-state index is 0.00911. The number of para-hydroxylation sites is 1.